The summed E-state index contributed by atoms with van der Waals surface area (Å²) in [6, 6.07) is 2.81. The van der Waals surface area contributed by atoms with Gasteiger partial charge in [-0.05, 0) is 43.9 Å². The first-order chi connectivity index (χ1) is 12.5. The van der Waals surface area contributed by atoms with Crippen LogP contribution in [0, 0.1) is 23.0 Å². The maximum atomic E-state index is 14.0. The molecule has 27 heavy (non-hydrogen) atoms. The molecular formula is C19H24ClF2N3O2. The van der Waals surface area contributed by atoms with E-state index in [1.54, 1.807) is 0 Å². The normalized spacial score (nSPS) is 30.0. The number of hydrogen-bond donors (Lipinski definition) is 2. The summed E-state index contributed by atoms with van der Waals surface area (Å²) in [7, 11) is 0. The van der Waals surface area contributed by atoms with Gasteiger partial charge >= 0.3 is 0 Å². The van der Waals surface area contributed by atoms with Crippen LogP contribution in [0.25, 0.3) is 0 Å². The molecule has 0 radical (unpaired) electrons. The third-order valence-corrected chi connectivity index (χ3v) is 6.21. The molecule has 4 rings (SSSR count). The van der Waals surface area contributed by atoms with E-state index in [1.165, 1.54) is 6.07 Å². The molecule has 2 amide bonds. The number of carbonyl (C=O) groups excluding carboxylic acids is 2. The molecule has 5 nitrogen and oxygen atoms in total. The van der Waals surface area contributed by atoms with Gasteiger partial charge in [0.05, 0.1) is 5.41 Å². The van der Waals surface area contributed by atoms with E-state index in [4.69, 9.17) is 0 Å². The second kappa shape index (κ2) is 7.72. The summed E-state index contributed by atoms with van der Waals surface area (Å²) in [6.07, 6.45) is 4.34. The Morgan fingerprint density at radius 2 is 1.96 bits per heavy atom. The number of hydrogen-bond acceptors (Lipinski definition) is 3. The van der Waals surface area contributed by atoms with E-state index in [0.29, 0.717) is 18.9 Å². The lowest BCUT2D eigenvalue weighted by Crippen LogP contribution is -2.52. The van der Waals surface area contributed by atoms with Crippen molar-refractivity contribution in [3.05, 3.63) is 29.8 Å². The Labute approximate surface area is 163 Å². The molecule has 148 valence electrons. The number of para-hydroxylation sites is 1. The van der Waals surface area contributed by atoms with Crippen LogP contribution in [-0.4, -0.2) is 37.5 Å². The predicted molar refractivity (Wildman–Crippen MR) is 99.8 cm³/mol. The van der Waals surface area contributed by atoms with Crippen molar-refractivity contribution in [3.8, 4) is 0 Å². The van der Waals surface area contributed by atoms with Gasteiger partial charge < -0.3 is 15.5 Å². The third-order valence-electron chi connectivity index (χ3n) is 6.21. The van der Waals surface area contributed by atoms with Crippen LogP contribution in [0.2, 0.25) is 0 Å². The topological polar surface area (TPSA) is 61.4 Å². The predicted octanol–water partition coefficient (Wildman–Crippen LogP) is 2.39. The van der Waals surface area contributed by atoms with Crippen LogP contribution < -0.4 is 15.5 Å². The number of anilines is 1. The van der Waals surface area contributed by atoms with E-state index in [9.17, 15) is 18.4 Å². The zero-order valence-electron chi connectivity index (χ0n) is 15.0. The van der Waals surface area contributed by atoms with Crippen molar-refractivity contribution in [2.45, 2.75) is 38.1 Å². The lowest BCUT2D eigenvalue weighted by Gasteiger charge is -2.37. The second-order valence-electron chi connectivity index (χ2n) is 7.60. The van der Waals surface area contributed by atoms with Crippen LogP contribution in [0.5, 0.6) is 0 Å². The van der Waals surface area contributed by atoms with E-state index in [0.717, 1.165) is 49.3 Å². The number of rotatable bonds is 3. The lowest BCUT2D eigenvalue weighted by atomic mass is 9.67. The number of nitrogens with zero attached hydrogens (tertiary/aromatic N) is 1. The van der Waals surface area contributed by atoms with Crippen LogP contribution in [0.4, 0.5) is 14.5 Å². The Kier molecular flexibility index (Phi) is 5.72. The van der Waals surface area contributed by atoms with E-state index < -0.39 is 29.0 Å². The maximum Gasteiger partial charge on any atom is 0.249 e. The molecule has 1 aromatic carbocycles. The van der Waals surface area contributed by atoms with E-state index in [-0.39, 0.29) is 30.5 Å². The highest BCUT2D eigenvalue weighted by Crippen LogP contribution is 2.44. The number of benzene rings is 1. The maximum absolute atomic E-state index is 14.0. The second-order valence-corrected chi connectivity index (χ2v) is 7.60. The number of carbonyl (C=O) groups is 2. The van der Waals surface area contributed by atoms with E-state index in [2.05, 4.69) is 10.6 Å². The quantitative estimate of drug-likeness (QED) is 0.820. The monoisotopic (exact) mass is 399 g/mol. The molecule has 3 fully saturated rings. The van der Waals surface area contributed by atoms with E-state index >= 15 is 0 Å². The zero-order valence-corrected chi connectivity index (χ0v) is 15.8. The molecule has 1 aromatic rings. The van der Waals surface area contributed by atoms with Crippen LogP contribution >= 0.6 is 12.4 Å². The number of fused-ring (bicyclic) bond motifs is 1. The van der Waals surface area contributed by atoms with Gasteiger partial charge in [-0.1, -0.05) is 18.9 Å². The highest BCUT2D eigenvalue weighted by Gasteiger charge is 2.51. The molecule has 3 atom stereocenters. The molecule has 1 unspecified atom stereocenters. The molecule has 8 heteroatoms. The Balaban J connectivity index is 0.00000210. The summed E-state index contributed by atoms with van der Waals surface area (Å²) < 4.78 is 28.0. The fourth-order valence-electron chi connectivity index (χ4n) is 4.78. The van der Waals surface area contributed by atoms with Crippen molar-refractivity contribution in [3.63, 3.8) is 0 Å². The summed E-state index contributed by atoms with van der Waals surface area (Å²) in [4.78, 5) is 26.8. The fourth-order valence-corrected chi connectivity index (χ4v) is 4.78. The molecule has 1 aliphatic carbocycles. The van der Waals surface area contributed by atoms with Gasteiger partial charge in [-0.25, -0.2) is 8.78 Å². The zero-order chi connectivity index (χ0) is 18.3. The standard InChI is InChI=1S/C19H23F2N3O2.ClH/c20-13-5-3-6-14(21)16(13)24-9-7-15(17(24)25)23-18(26)19-8-2-1-4-12(19)10-22-11-19;/h3,5-6,12,15,22H,1-2,4,7-11H2,(H,23,26);1H/t12-,15?,19+;/m0./s1. The Hall–Kier alpha value is -1.73. The first kappa shape index (κ1) is 20.0. The molecule has 0 spiro atoms. The highest BCUT2D eigenvalue weighted by atomic mass is 35.5. The van der Waals surface area contributed by atoms with Crippen molar-refractivity contribution in [2.24, 2.45) is 11.3 Å². The molecule has 2 saturated heterocycles. The van der Waals surface area contributed by atoms with Crippen LogP contribution in [0.15, 0.2) is 18.2 Å². The molecule has 2 heterocycles. The van der Waals surface area contributed by atoms with E-state index in [1.807, 2.05) is 0 Å². The summed E-state index contributed by atoms with van der Waals surface area (Å²) in [6.45, 7) is 1.66. The Bertz CT molecular complexity index is 727. The van der Waals surface area contributed by atoms with Gasteiger partial charge in [0.25, 0.3) is 0 Å². The fraction of sp³-hybridized carbons (Fsp3) is 0.579. The first-order valence-corrected chi connectivity index (χ1v) is 9.30. The van der Waals surface area contributed by atoms with Gasteiger partial charge in [0.15, 0.2) is 0 Å². The van der Waals surface area contributed by atoms with Gasteiger partial charge in [0, 0.05) is 13.1 Å². The lowest BCUT2D eigenvalue weighted by molar-refractivity contribution is -0.136. The molecule has 0 aromatic heterocycles. The summed E-state index contributed by atoms with van der Waals surface area (Å²) in [5, 5.41) is 6.20. The Morgan fingerprint density at radius 3 is 2.70 bits per heavy atom. The van der Waals surface area contributed by atoms with Crippen molar-refractivity contribution < 1.29 is 18.4 Å². The average molecular weight is 400 g/mol. The summed E-state index contributed by atoms with van der Waals surface area (Å²) >= 11 is 0. The minimum absolute atomic E-state index is 0. The molecule has 2 N–H and O–H groups in total. The first-order valence-electron chi connectivity index (χ1n) is 9.30. The molecule has 3 aliphatic rings. The number of nitrogens with one attached hydrogen (secondary N) is 2. The van der Waals surface area contributed by atoms with Crippen LogP contribution in [0.1, 0.15) is 32.1 Å². The molecular weight excluding hydrogens is 376 g/mol. The minimum Gasteiger partial charge on any atom is -0.344 e. The van der Waals surface area contributed by atoms with Crippen molar-refractivity contribution in [1.29, 1.82) is 0 Å². The third kappa shape index (κ3) is 3.31. The number of halogens is 3. The number of amides is 2. The highest BCUT2D eigenvalue weighted by molar-refractivity contribution is 6.02. The molecule has 1 saturated carbocycles. The van der Waals surface area contributed by atoms with Crippen LogP contribution in [0.3, 0.4) is 0 Å². The summed E-state index contributed by atoms with van der Waals surface area (Å²) in [5.41, 5.74) is -0.777. The van der Waals surface area contributed by atoms with Crippen LogP contribution in [-0.2, 0) is 9.59 Å². The molecule has 2 aliphatic heterocycles. The minimum atomic E-state index is -0.767. The van der Waals surface area contributed by atoms with Gasteiger partial charge in [-0.3, -0.25) is 9.59 Å². The van der Waals surface area contributed by atoms with Gasteiger partial charge in [-0.15, -0.1) is 12.4 Å². The summed E-state index contributed by atoms with van der Waals surface area (Å²) in [5.74, 6) is -1.78. The SMILES string of the molecule is Cl.O=C1C(NC(=O)[C@@]23CCCC[C@H]2CNC3)CCN1c1c(F)cccc1F. The van der Waals surface area contributed by atoms with Gasteiger partial charge in [0.2, 0.25) is 11.8 Å². The molecule has 0 bridgehead atoms. The average Bonchev–Trinajstić information content (AvgIpc) is 3.21. The Morgan fingerprint density at radius 1 is 1.22 bits per heavy atom. The largest absolute Gasteiger partial charge is 0.344 e. The van der Waals surface area contributed by atoms with Crippen molar-refractivity contribution >= 4 is 29.9 Å². The van der Waals surface area contributed by atoms with Gasteiger partial charge in [0.1, 0.15) is 23.4 Å². The van der Waals surface area contributed by atoms with Crippen molar-refractivity contribution in [1.82, 2.24) is 10.6 Å². The smallest absolute Gasteiger partial charge is 0.249 e. The van der Waals surface area contributed by atoms with Crippen molar-refractivity contribution in [2.75, 3.05) is 24.5 Å². The van der Waals surface area contributed by atoms with Gasteiger partial charge in [-0.2, -0.15) is 0 Å².